The van der Waals surface area contributed by atoms with Crippen molar-refractivity contribution in [1.29, 1.82) is 0 Å². The molecule has 1 fully saturated rings. The molecule has 0 aromatic carbocycles. The molecule has 1 saturated heterocycles. The zero-order valence-electron chi connectivity index (χ0n) is 14.0. The number of piperidine rings is 1. The zero-order chi connectivity index (χ0) is 17.2. The minimum absolute atomic E-state index is 0.0753. The maximum atomic E-state index is 12.8. The highest BCUT2D eigenvalue weighted by atomic mass is 16.2. The number of carbonyl (C=O) groups excluding carboxylic acids is 2. The van der Waals surface area contributed by atoms with Gasteiger partial charge in [0.15, 0.2) is 0 Å². The molecular formula is C18H21N5O2. The van der Waals surface area contributed by atoms with Gasteiger partial charge in [-0.05, 0) is 44.2 Å². The van der Waals surface area contributed by atoms with Crippen LogP contribution in [0.25, 0.3) is 0 Å². The molecule has 0 spiro atoms. The Labute approximate surface area is 146 Å². The topological polar surface area (TPSA) is 80.1 Å². The Kier molecular flexibility index (Phi) is 4.21. The SMILES string of the molecule is O=C(NC1CCCN(c2cccnc2)C1=O)c1cnn2c1CCCC2. The summed E-state index contributed by atoms with van der Waals surface area (Å²) in [6.45, 7) is 1.51. The number of rotatable bonds is 3. The molecule has 1 atom stereocenters. The van der Waals surface area contributed by atoms with Crippen LogP contribution < -0.4 is 10.2 Å². The molecule has 1 unspecified atom stereocenters. The van der Waals surface area contributed by atoms with Gasteiger partial charge in [0, 0.05) is 19.3 Å². The average Bonchev–Trinajstić information content (AvgIpc) is 3.08. The standard InChI is InChI=1S/C18H21N5O2/c24-17(14-12-20-23-10-2-1-7-16(14)23)21-15-6-4-9-22(18(15)25)13-5-3-8-19-11-13/h3,5,8,11-12,15H,1-2,4,6-7,9-10H2,(H,21,24). The van der Waals surface area contributed by atoms with Crippen LogP contribution in [0.5, 0.6) is 0 Å². The van der Waals surface area contributed by atoms with Gasteiger partial charge in [-0.1, -0.05) is 0 Å². The maximum absolute atomic E-state index is 12.8. The fourth-order valence-corrected chi connectivity index (χ4v) is 3.63. The normalized spacial score (nSPS) is 20.2. The molecule has 7 heteroatoms. The van der Waals surface area contributed by atoms with Crippen LogP contribution in [-0.4, -0.2) is 39.2 Å². The summed E-state index contributed by atoms with van der Waals surface area (Å²) in [5, 5.41) is 7.22. The summed E-state index contributed by atoms with van der Waals surface area (Å²) in [7, 11) is 0. The minimum Gasteiger partial charge on any atom is -0.340 e. The van der Waals surface area contributed by atoms with E-state index in [0.717, 1.165) is 43.6 Å². The first-order valence-corrected chi connectivity index (χ1v) is 8.81. The number of fused-ring (bicyclic) bond motifs is 1. The van der Waals surface area contributed by atoms with E-state index in [9.17, 15) is 9.59 Å². The molecule has 130 valence electrons. The van der Waals surface area contributed by atoms with E-state index < -0.39 is 6.04 Å². The van der Waals surface area contributed by atoms with E-state index in [4.69, 9.17) is 0 Å². The molecule has 4 rings (SSSR count). The van der Waals surface area contributed by atoms with Crippen LogP contribution >= 0.6 is 0 Å². The van der Waals surface area contributed by atoms with Crippen LogP contribution in [-0.2, 0) is 17.8 Å². The van der Waals surface area contributed by atoms with E-state index in [0.29, 0.717) is 18.5 Å². The Morgan fingerprint density at radius 2 is 2.12 bits per heavy atom. The summed E-state index contributed by atoms with van der Waals surface area (Å²) in [5.74, 6) is -0.275. The number of pyridine rings is 1. The molecule has 25 heavy (non-hydrogen) atoms. The predicted molar refractivity (Wildman–Crippen MR) is 92.2 cm³/mol. The van der Waals surface area contributed by atoms with Crippen molar-refractivity contribution >= 4 is 17.5 Å². The summed E-state index contributed by atoms with van der Waals surface area (Å²) in [4.78, 5) is 31.2. The van der Waals surface area contributed by atoms with E-state index in [1.807, 2.05) is 16.8 Å². The smallest absolute Gasteiger partial charge is 0.255 e. The molecule has 2 amide bonds. The van der Waals surface area contributed by atoms with Gasteiger partial charge in [0.1, 0.15) is 6.04 Å². The molecule has 0 radical (unpaired) electrons. The number of hydrogen-bond donors (Lipinski definition) is 1. The molecule has 7 nitrogen and oxygen atoms in total. The third kappa shape index (κ3) is 3.01. The number of nitrogens with one attached hydrogen (secondary N) is 1. The Morgan fingerprint density at radius 3 is 2.96 bits per heavy atom. The van der Waals surface area contributed by atoms with Gasteiger partial charge >= 0.3 is 0 Å². The van der Waals surface area contributed by atoms with Gasteiger partial charge in [0.2, 0.25) is 5.91 Å². The van der Waals surface area contributed by atoms with Crippen molar-refractivity contribution in [2.45, 2.75) is 44.7 Å². The highest BCUT2D eigenvalue weighted by Crippen LogP contribution is 2.22. The number of hydrogen-bond acceptors (Lipinski definition) is 4. The lowest BCUT2D eigenvalue weighted by Gasteiger charge is -2.32. The zero-order valence-corrected chi connectivity index (χ0v) is 14.0. The summed E-state index contributed by atoms with van der Waals surface area (Å²) >= 11 is 0. The van der Waals surface area contributed by atoms with Crippen LogP contribution in [0.4, 0.5) is 5.69 Å². The predicted octanol–water partition coefficient (Wildman–Crippen LogP) is 1.54. The number of anilines is 1. The Balaban J connectivity index is 1.49. The fraction of sp³-hybridized carbons (Fsp3) is 0.444. The molecular weight excluding hydrogens is 318 g/mol. The molecule has 2 aliphatic heterocycles. The summed E-state index contributed by atoms with van der Waals surface area (Å²) in [5.41, 5.74) is 2.36. The monoisotopic (exact) mass is 339 g/mol. The lowest BCUT2D eigenvalue weighted by atomic mass is 10.0. The van der Waals surface area contributed by atoms with Gasteiger partial charge in [-0.3, -0.25) is 19.3 Å². The second kappa shape index (κ2) is 6.66. The highest BCUT2D eigenvalue weighted by Gasteiger charge is 2.32. The van der Waals surface area contributed by atoms with Crippen molar-refractivity contribution in [3.8, 4) is 0 Å². The van der Waals surface area contributed by atoms with Crippen LogP contribution in [0.2, 0.25) is 0 Å². The van der Waals surface area contributed by atoms with Crippen LogP contribution in [0.3, 0.4) is 0 Å². The first-order valence-electron chi connectivity index (χ1n) is 8.81. The number of amides is 2. The molecule has 2 aromatic rings. The lowest BCUT2D eigenvalue weighted by Crippen LogP contribution is -2.52. The second-order valence-corrected chi connectivity index (χ2v) is 6.55. The number of aromatic nitrogens is 3. The van der Waals surface area contributed by atoms with Crippen molar-refractivity contribution in [1.82, 2.24) is 20.1 Å². The molecule has 0 bridgehead atoms. The van der Waals surface area contributed by atoms with Crippen molar-refractivity contribution in [2.24, 2.45) is 0 Å². The third-order valence-electron chi connectivity index (χ3n) is 4.93. The Morgan fingerprint density at radius 1 is 1.20 bits per heavy atom. The van der Waals surface area contributed by atoms with Gasteiger partial charge in [-0.15, -0.1) is 0 Å². The van der Waals surface area contributed by atoms with Gasteiger partial charge < -0.3 is 10.2 Å². The Bertz CT molecular complexity index is 786. The van der Waals surface area contributed by atoms with Crippen LogP contribution in [0.15, 0.2) is 30.7 Å². The largest absolute Gasteiger partial charge is 0.340 e. The van der Waals surface area contributed by atoms with E-state index >= 15 is 0 Å². The lowest BCUT2D eigenvalue weighted by molar-refractivity contribution is -0.121. The quantitative estimate of drug-likeness (QED) is 0.920. The van der Waals surface area contributed by atoms with E-state index in [1.54, 1.807) is 23.5 Å². The third-order valence-corrected chi connectivity index (χ3v) is 4.93. The Hall–Kier alpha value is -2.70. The van der Waals surface area contributed by atoms with Gasteiger partial charge in [-0.25, -0.2) is 0 Å². The van der Waals surface area contributed by atoms with E-state index in [1.165, 1.54) is 0 Å². The van der Waals surface area contributed by atoms with Crippen molar-refractivity contribution in [2.75, 3.05) is 11.4 Å². The number of carbonyl (C=O) groups is 2. The maximum Gasteiger partial charge on any atom is 0.255 e. The summed E-state index contributed by atoms with van der Waals surface area (Å²) in [6, 6.07) is 3.17. The molecule has 4 heterocycles. The summed E-state index contributed by atoms with van der Waals surface area (Å²) in [6.07, 6.45) is 9.52. The van der Waals surface area contributed by atoms with E-state index in [-0.39, 0.29) is 11.8 Å². The molecule has 2 aliphatic rings. The fourth-order valence-electron chi connectivity index (χ4n) is 3.63. The van der Waals surface area contributed by atoms with E-state index in [2.05, 4.69) is 15.4 Å². The van der Waals surface area contributed by atoms with Gasteiger partial charge in [-0.2, -0.15) is 5.10 Å². The minimum atomic E-state index is -0.499. The number of nitrogens with zero attached hydrogens (tertiary/aromatic N) is 4. The van der Waals surface area contributed by atoms with Crippen molar-refractivity contribution in [3.63, 3.8) is 0 Å². The number of aryl methyl sites for hydroxylation is 1. The van der Waals surface area contributed by atoms with Gasteiger partial charge in [0.25, 0.3) is 5.91 Å². The first kappa shape index (κ1) is 15.8. The summed E-state index contributed by atoms with van der Waals surface area (Å²) < 4.78 is 1.91. The first-order chi connectivity index (χ1) is 12.2. The van der Waals surface area contributed by atoms with Crippen molar-refractivity contribution in [3.05, 3.63) is 42.0 Å². The van der Waals surface area contributed by atoms with Crippen molar-refractivity contribution < 1.29 is 9.59 Å². The second-order valence-electron chi connectivity index (χ2n) is 6.55. The molecule has 2 aromatic heterocycles. The van der Waals surface area contributed by atoms with Gasteiger partial charge in [0.05, 0.1) is 29.3 Å². The highest BCUT2D eigenvalue weighted by molar-refractivity contribution is 6.03. The molecule has 0 aliphatic carbocycles. The average molecular weight is 339 g/mol. The molecule has 0 saturated carbocycles. The van der Waals surface area contributed by atoms with Crippen LogP contribution in [0, 0.1) is 0 Å². The molecule has 1 N–H and O–H groups in total. The van der Waals surface area contributed by atoms with Crippen LogP contribution in [0.1, 0.15) is 41.7 Å².